The second kappa shape index (κ2) is 8.22. The number of fused-ring (bicyclic) bond motifs is 1. The third-order valence-electron chi connectivity index (χ3n) is 3.54. The molecule has 1 aromatic carbocycles. The molecule has 21 heavy (non-hydrogen) atoms. The maximum atomic E-state index is 12.0. The maximum Gasteiger partial charge on any atom is 0.224 e. The molecule has 1 unspecified atom stereocenters. The molecule has 1 aliphatic heterocycles. The molecular formula is C14H20Cl2N4O. The van der Waals surface area contributed by atoms with Crippen LogP contribution >= 0.6 is 24.8 Å². The Hall–Kier alpha value is -1.30. The molecule has 1 fully saturated rings. The van der Waals surface area contributed by atoms with Gasteiger partial charge in [0.1, 0.15) is 5.82 Å². The minimum absolute atomic E-state index is 0. The van der Waals surface area contributed by atoms with Crippen molar-refractivity contribution in [1.29, 1.82) is 0 Å². The lowest BCUT2D eigenvalue weighted by Crippen LogP contribution is -2.40. The number of aromatic amines is 1. The maximum absolute atomic E-state index is 12.0. The van der Waals surface area contributed by atoms with Gasteiger partial charge in [0.2, 0.25) is 5.91 Å². The summed E-state index contributed by atoms with van der Waals surface area (Å²) < 4.78 is 0. The number of hydrogen-bond donors (Lipinski definition) is 3. The molecule has 1 saturated heterocycles. The third kappa shape index (κ3) is 4.33. The number of H-pyrrole nitrogens is 1. The lowest BCUT2D eigenvalue weighted by molar-refractivity contribution is -0.125. The van der Waals surface area contributed by atoms with Gasteiger partial charge in [0.15, 0.2) is 0 Å². The number of nitrogens with zero attached hydrogens (tertiary/aromatic N) is 1. The second-order valence-electron chi connectivity index (χ2n) is 4.96. The zero-order valence-corrected chi connectivity index (χ0v) is 13.2. The average molecular weight is 331 g/mol. The third-order valence-corrected chi connectivity index (χ3v) is 3.54. The molecule has 0 spiro atoms. The molecule has 1 atom stereocenters. The van der Waals surface area contributed by atoms with Crippen molar-refractivity contribution >= 4 is 41.8 Å². The minimum Gasteiger partial charge on any atom is -0.349 e. The molecule has 0 radical (unpaired) electrons. The zero-order chi connectivity index (χ0) is 13.1. The monoisotopic (exact) mass is 330 g/mol. The van der Waals surface area contributed by atoms with Gasteiger partial charge in [-0.25, -0.2) is 4.98 Å². The summed E-state index contributed by atoms with van der Waals surface area (Å²) in [6, 6.07) is 7.87. The van der Waals surface area contributed by atoms with E-state index in [0.29, 0.717) is 6.54 Å². The Morgan fingerprint density at radius 2 is 2.14 bits per heavy atom. The van der Waals surface area contributed by atoms with Crippen LogP contribution in [0.1, 0.15) is 18.7 Å². The lowest BCUT2D eigenvalue weighted by atomic mass is 9.99. The molecule has 116 valence electrons. The number of para-hydroxylation sites is 2. The first kappa shape index (κ1) is 17.8. The highest BCUT2D eigenvalue weighted by Crippen LogP contribution is 2.12. The van der Waals surface area contributed by atoms with Gasteiger partial charge in [-0.15, -0.1) is 24.8 Å². The largest absolute Gasteiger partial charge is 0.349 e. The van der Waals surface area contributed by atoms with Crippen molar-refractivity contribution in [2.45, 2.75) is 19.4 Å². The molecule has 0 aliphatic carbocycles. The van der Waals surface area contributed by atoms with E-state index >= 15 is 0 Å². The van der Waals surface area contributed by atoms with Crippen LogP contribution in [0.15, 0.2) is 24.3 Å². The van der Waals surface area contributed by atoms with Crippen molar-refractivity contribution in [1.82, 2.24) is 20.6 Å². The molecule has 2 heterocycles. The molecule has 7 heteroatoms. The van der Waals surface area contributed by atoms with Gasteiger partial charge in [0.05, 0.1) is 23.5 Å². The van der Waals surface area contributed by atoms with E-state index in [0.717, 1.165) is 42.8 Å². The fraction of sp³-hybridized carbons (Fsp3) is 0.429. The number of rotatable bonds is 3. The SMILES string of the molecule is Cl.Cl.O=C(NCc1nc2ccccc2[nH]1)C1CCCNC1. The summed E-state index contributed by atoms with van der Waals surface area (Å²) in [5.74, 6) is 1.02. The van der Waals surface area contributed by atoms with Crippen molar-refractivity contribution in [3.63, 3.8) is 0 Å². The Balaban J connectivity index is 0.00000110. The number of imidazole rings is 1. The molecular weight excluding hydrogens is 311 g/mol. The van der Waals surface area contributed by atoms with Gasteiger partial charge >= 0.3 is 0 Å². The first-order valence-corrected chi connectivity index (χ1v) is 6.75. The highest BCUT2D eigenvalue weighted by molar-refractivity contribution is 5.85. The Morgan fingerprint density at radius 1 is 1.33 bits per heavy atom. The molecule has 1 amide bonds. The Kier molecular flexibility index (Phi) is 6.95. The molecule has 3 rings (SSSR count). The van der Waals surface area contributed by atoms with Crippen LogP contribution in [0.3, 0.4) is 0 Å². The molecule has 0 bridgehead atoms. The zero-order valence-electron chi connectivity index (χ0n) is 11.6. The summed E-state index contributed by atoms with van der Waals surface area (Å²) in [6.07, 6.45) is 2.04. The number of benzene rings is 1. The van der Waals surface area contributed by atoms with Gasteiger partial charge in [-0.3, -0.25) is 4.79 Å². The lowest BCUT2D eigenvalue weighted by Gasteiger charge is -2.21. The number of halogens is 2. The normalized spacial score (nSPS) is 17.6. The summed E-state index contributed by atoms with van der Waals surface area (Å²) in [4.78, 5) is 19.7. The van der Waals surface area contributed by atoms with Crippen LogP contribution in [0.2, 0.25) is 0 Å². The van der Waals surface area contributed by atoms with Crippen molar-refractivity contribution in [3.8, 4) is 0 Å². The quantitative estimate of drug-likeness (QED) is 0.806. The predicted molar refractivity (Wildman–Crippen MR) is 88.0 cm³/mol. The second-order valence-corrected chi connectivity index (χ2v) is 4.96. The van der Waals surface area contributed by atoms with E-state index in [1.807, 2.05) is 24.3 Å². The van der Waals surface area contributed by atoms with Crippen LogP contribution in [0, 0.1) is 5.92 Å². The van der Waals surface area contributed by atoms with Gasteiger partial charge in [0.25, 0.3) is 0 Å². The fourth-order valence-corrected chi connectivity index (χ4v) is 2.48. The smallest absolute Gasteiger partial charge is 0.224 e. The molecule has 0 saturated carbocycles. The average Bonchev–Trinajstić information content (AvgIpc) is 2.88. The van der Waals surface area contributed by atoms with Gasteiger partial charge in [-0.2, -0.15) is 0 Å². The van der Waals surface area contributed by atoms with Crippen molar-refractivity contribution in [2.24, 2.45) is 5.92 Å². The first-order valence-electron chi connectivity index (χ1n) is 6.75. The number of aromatic nitrogens is 2. The van der Waals surface area contributed by atoms with Crippen molar-refractivity contribution in [2.75, 3.05) is 13.1 Å². The molecule has 1 aliphatic rings. The Morgan fingerprint density at radius 3 is 2.86 bits per heavy atom. The van der Waals surface area contributed by atoms with E-state index in [1.165, 1.54) is 0 Å². The van der Waals surface area contributed by atoms with Gasteiger partial charge in [0, 0.05) is 6.54 Å². The van der Waals surface area contributed by atoms with E-state index in [1.54, 1.807) is 0 Å². The number of carbonyl (C=O) groups excluding carboxylic acids is 1. The molecule has 3 N–H and O–H groups in total. The van der Waals surface area contributed by atoms with Gasteiger partial charge in [-0.05, 0) is 31.5 Å². The summed E-state index contributed by atoms with van der Waals surface area (Å²) in [5.41, 5.74) is 1.94. The number of piperidine rings is 1. The molecule has 5 nitrogen and oxygen atoms in total. The van der Waals surface area contributed by atoms with Gasteiger partial charge < -0.3 is 15.6 Å². The Bertz CT molecular complexity index is 548. The van der Waals surface area contributed by atoms with E-state index in [9.17, 15) is 4.79 Å². The highest BCUT2D eigenvalue weighted by atomic mass is 35.5. The van der Waals surface area contributed by atoms with E-state index in [-0.39, 0.29) is 36.6 Å². The van der Waals surface area contributed by atoms with Crippen LogP contribution in [-0.4, -0.2) is 29.0 Å². The summed E-state index contributed by atoms with van der Waals surface area (Å²) in [7, 11) is 0. The predicted octanol–water partition coefficient (Wildman–Crippen LogP) is 2.02. The number of hydrogen-bond acceptors (Lipinski definition) is 3. The standard InChI is InChI=1S/C14H18N4O.2ClH/c19-14(10-4-3-7-15-8-10)16-9-13-17-11-5-1-2-6-12(11)18-13;;/h1-2,5-6,10,15H,3-4,7-9H2,(H,16,19)(H,17,18);2*1H. The topological polar surface area (TPSA) is 69.8 Å². The van der Waals surface area contributed by atoms with E-state index in [2.05, 4.69) is 20.6 Å². The first-order chi connectivity index (χ1) is 9.33. The van der Waals surface area contributed by atoms with Crippen LogP contribution in [0.4, 0.5) is 0 Å². The van der Waals surface area contributed by atoms with Crippen molar-refractivity contribution < 1.29 is 4.79 Å². The summed E-state index contributed by atoms with van der Waals surface area (Å²) in [5, 5.41) is 6.21. The van der Waals surface area contributed by atoms with Crippen LogP contribution < -0.4 is 10.6 Å². The van der Waals surface area contributed by atoms with Crippen LogP contribution in [-0.2, 0) is 11.3 Å². The minimum atomic E-state index is 0. The number of carbonyl (C=O) groups is 1. The Labute approximate surface area is 136 Å². The van der Waals surface area contributed by atoms with E-state index in [4.69, 9.17) is 0 Å². The van der Waals surface area contributed by atoms with Crippen LogP contribution in [0.25, 0.3) is 11.0 Å². The fourth-order valence-electron chi connectivity index (χ4n) is 2.48. The van der Waals surface area contributed by atoms with Gasteiger partial charge in [-0.1, -0.05) is 12.1 Å². The molecule has 2 aromatic rings. The highest BCUT2D eigenvalue weighted by Gasteiger charge is 2.20. The summed E-state index contributed by atoms with van der Waals surface area (Å²) >= 11 is 0. The van der Waals surface area contributed by atoms with Crippen LogP contribution in [0.5, 0.6) is 0 Å². The molecule has 1 aromatic heterocycles. The van der Waals surface area contributed by atoms with E-state index < -0.39 is 0 Å². The van der Waals surface area contributed by atoms with Crippen molar-refractivity contribution in [3.05, 3.63) is 30.1 Å². The summed E-state index contributed by atoms with van der Waals surface area (Å²) in [6.45, 7) is 2.27. The number of nitrogens with one attached hydrogen (secondary N) is 3. The number of amides is 1.